The Hall–Kier alpha value is -2.15. The van der Waals surface area contributed by atoms with Crippen LogP contribution in [0.4, 0.5) is 0 Å². The highest BCUT2D eigenvalue weighted by molar-refractivity contribution is 5.95. The van der Waals surface area contributed by atoms with Crippen molar-refractivity contribution < 1.29 is 0 Å². The van der Waals surface area contributed by atoms with Gasteiger partial charge in [-0.3, -0.25) is 4.98 Å². The van der Waals surface area contributed by atoms with Crippen LogP contribution in [0, 0.1) is 0 Å². The highest BCUT2D eigenvalue weighted by atomic mass is 14.7. The van der Waals surface area contributed by atoms with E-state index in [0.717, 1.165) is 5.69 Å². The molecule has 0 aliphatic rings. The van der Waals surface area contributed by atoms with E-state index in [9.17, 15) is 0 Å². The molecule has 134 valence electrons. The van der Waals surface area contributed by atoms with Crippen LogP contribution in [0.5, 0.6) is 0 Å². The zero-order chi connectivity index (χ0) is 18.7. The fraction of sp³-hybridized carbons (Fsp3) is 0.375. The predicted molar refractivity (Wildman–Crippen MR) is 113 cm³/mol. The molecule has 0 atom stereocenters. The maximum absolute atomic E-state index is 4.62. The summed E-state index contributed by atoms with van der Waals surface area (Å²) in [4.78, 5) is 4.62. The molecule has 0 fully saturated rings. The van der Waals surface area contributed by atoms with Gasteiger partial charge in [0.05, 0.1) is 5.69 Å². The largest absolute Gasteiger partial charge is 0.256 e. The minimum Gasteiger partial charge on any atom is -0.256 e. The molecule has 1 heterocycles. The predicted octanol–water partition coefficient (Wildman–Crippen LogP) is 7.86. The maximum atomic E-state index is 4.62. The fourth-order valence-electron chi connectivity index (χ4n) is 2.55. The lowest BCUT2D eigenvalue weighted by atomic mass is 9.93. The number of pyridine rings is 1. The molecule has 1 aromatic heterocycles. The summed E-state index contributed by atoms with van der Waals surface area (Å²) >= 11 is 0. The normalized spacial score (nSPS) is 9.88. The van der Waals surface area contributed by atoms with Crippen LogP contribution < -0.4 is 0 Å². The van der Waals surface area contributed by atoms with Gasteiger partial charge in [-0.2, -0.15) is 0 Å². The van der Waals surface area contributed by atoms with E-state index in [2.05, 4.69) is 87.3 Å². The molecular weight excluding hydrogens is 302 g/mol. The summed E-state index contributed by atoms with van der Waals surface area (Å²) in [5.41, 5.74) is 3.68. The second-order valence-electron chi connectivity index (χ2n) is 6.12. The molecule has 1 nitrogen and oxygen atoms in total. The van der Waals surface area contributed by atoms with E-state index in [1.165, 1.54) is 34.7 Å². The molecule has 2 aromatic carbocycles. The van der Waals surface area contributed by atoms with Crippen molar-refractivity contribution in [2.24, 2.45) is 0 Å². The Labute approximate surface area is 154 Å². The first kappa shape index (κ1) is 20.9. The third-order valence-electron chi connectivity index (χ3n) is 4.01. The molecule has 0 aliphatic heterocycles. The molecule has 0 saturated carbocycles. The first-order valence-corrected chi connectivity index (χ1v) is 9.62. The van der Waals surface area contributed by atoms with Crippen LogP contribution in [-0.2, 0) is 0 Å². The first-order chi connectivity index (χ1) is 12.2. The van der Waals surface area contributed by atoms with Crippen LogP contribution in [0.15, 0.2) is 60.8 Å². The van der Waals surface area contributed by atoms with Gasteiger partial charge in [0.25, 0.3) is 0 Å². The van der Waals surface area contributed by atoms with Gasteiger partial charge in [0.2, 0.25) is 0 Å². The second kappa shape index (κ2) is 11.4. The van der Waals surface area contributed by atoms with Gasteiger partial charge in [0.1, 0.15) is 0 Å². The minimum atomic E-state index is 0.497. The molecule has 0 amide bonds. The number of unbranched alkanes of at least 4 members (excludes halogenated alkanes) is 1. The van der Waals surface area contributed by atoms with Crippen molar-refractivity contribution >= 4 is 10.8 Å². The van der Waals surface area contributed by atoms with Crippen LogP contribution in [-0.4, -0.2) is 4.98 Å². The molecule has 0 spiro atoms. The zero-order valence-corrected chi connectivity index (χ0v) is 16.7. The lowest BCUT2D eigenvalue weighted by Crippen LogP contribution is -1.94. The van der Waals surface area contributed by atoms with Crippen molar-refractivity contribution in [1.29, 1.82) is 0 Å². The van der Waals surface area contributed by atoms with Gasteiger partial charge in [-0.15, -0.1) is 0 Å². The minimum absolute atomic E-state index is 0.497. The van der Waals surface area contributed by atoms with Gasteiger partial charge in [0.15, 0.2) is 0 Å². The number of fused-ring (bicyclic) bond motifs is 1. The van der Waals surface area contributed by atoms with Crippen molar-refractivity contribution in [3.05, 3.63) is 66.4 Å². The third kappa shape index (κ3) is 5.70. The maximum Gasteiger partial charge on any atom is 0.0783 e. The van der Waals surface area contributed by atoms with Crippen LogP contribution in [0.2, 0.25) is 0 Å². The smallest absolute Gasteiger partial charge is 0.0783 e. The number of benzene rings is 2. The average Bonchev–Trinajstić information content (AvgIpc) is 2.69. The summed E-state index contributed by atoms with van der Waals surface area (Å²) in [6.45, 7) is 12.8. The molecule has 3 rings (SSSR count). The standard InChI is InChI=1S/C18H17N.C4H10.C2H6/c1-13(2)15-8-5-6-10-17(15)18-16-9-4-3-7-14(16)11-12-19-18;1-3-4-2;1-2/h3-13H,1-2H3;3-4H2,1-2H3;1-2H3. The van der Waals surface area contributed by atoms with Gasteiger partial charge in [-0.1, -0.05) is 103 Å². The van der Waals surface area contributed by atoms with Crippen molar-refractivity contribution in [3.63, 3.8) is 0 Å². The first-order valence-electron chi connectivity index (χ1n) is 9.62. The number of rotatable bonds is 3. The lowest BCUT2D eigenvalue weighted by molar-refractivity contribution is 0.868. The molecular formula is C24H33N. The van der Waals surface area contributed by atoms with Gasteiger partial charge >= 0.3 is 0 Å². The Morgan fingerprint density at radius 3 is 2.04 bits per heavy atom. The Morgan fingerprint density at radius 1 is 0.800 bits per heavy atom. The van der Waals surface area contributed by atoms with E-state index < -0.39 is 0 Å². The van der Waals surface area contributed by atoms with Crippen LogP contribution in [0.25, 0.3) is 22.0 Å². The van der Waals surface area contributed by atoms with Crippen LogP contribution in [0.3, 0.4) is 0 Å². The van der Waals surface area contributed by atoms with E-state index in [4.69, 9.17) is 0 Å². The average molecular weight is 336 g/mol. The van der Waals surface area contributed by atoms with Crippen molar-refractivity contribution in [3.8, 4) is 11.3 Å². The molecule has 0 unspecified atom stereocenters. The summed E-state index contributed by atoms with van der Waals surface area (Å²) in [6.07, 6.45) is 4.54. The van der Waals surface area contributed by atoms with E-state index in [0.29, 0.717) is 5.92 Å². The highest BCUT2D eigenvalue weighted by Crippen LogP contribution is 2.32. The van der Waals surface area contributed by atoms with Crippen molar-refractivity contribution in [1.82, 2.24) is 4.98 Å². The topological polar surface area (TPSA) is 12.9 Å². The molecule has 0 N–H and O–H groups in total. The summed E-state index contributed by atoms with van der Waals surface area (Å²) in [6, 6.07) is 19.1. The molecule has 3 aromatic rings. The summed E-state index contributed by atoms with van der Waals surface area (Å²) in [7, 11) is 0. The Morgan fingerprint density at radius 2 is 1.40 bits per heavy atom. The van der Waals surface area contributed by atoms with Crippen LogP contribution >= 0.6 is 0 Å². The van der Waals surface area contributed by atoms with Crippen LogP contribution in [0.1, 0.15) is 65.9 Å². The third-order valence-corrected chi connectivity index (χ3v) is 4.01. The van der Waals surface area contributed by atoms with E-state index >= 15 is 0 Å². The highest BCUT2D eigenvalue weighted by Gasteiger charge is 2.11. The number of aromatic nitrogens is 1. The van der Waals surface area contributed by atoms with Crippen molar-refractivity contribution in [2.45, 2.75) is 60.3 Å². The quantitative estimate of drug-likeness (QED) is 0.474. The summed E-state index contributed by atoms with van der Waals surface area (Å²) in [5, 5.41) is 2.46. The number of hydrogen-bond acceptors (Lipinski definition) is 1. The van der Waals surface area contributed by atoms with Gasteiger partial charge in [0, 0.05) is 17.1 Å². The second-order valence-corrected chi connectivity index (χ2v) is 6.12. The molecule has 1 heteroatoms. The SMILES string of the molecule is CC.CC(C)c1ccccc1-c1nccc2ccccc12.CCCC. The zero-order valence-electron chi connectivity index (χ0n) is 16.7. The molecule has 0 aliphatic carbocycles. The van der Waals surface area contributed by atoms with Gasteiger partial charge in [-0.25, -0.2) is 0 Å². The monoisotopic (exact) mass is 335 g/mol. The number of hydrogen-bond donors (Lipinski definition) is 0. The number of nitrogens with zero attached hydrogens (tertiary/aromatic N) is 1. The van der Waals surface area contributed by atoms with E-state index in [1.54, 1.807) is 0 Å². The Bertz CT molecular complexity index is 736. The lowest BCUT2D eigenvalue weighted by Gasteiger charge is -2.13. The Balaban J connectivity index is 0.000000461. The molecule has 0 saturated heterocycles. The fourth-order valence-corrected chi connectivity index (χ4v) is 2.55. The summed E-state index contributed by atoms with van der Waals surface area (Å²) < 4.78 is 0. The van der Waals surface area contributed by atoms with E-state index in [-0.39, 0.29) is 0 Å². The van der Waals surface area contributed by atoms with E-state index in [1.807, 2.05) is 20.0 Å². The van der Waals surface area contributed by atoms with Gasteiger partial charge in [-0.05, 0) is 22.9 Å². The van der Waals surface area contributed by atoms with Gasteiger partial charge < -0.3 is 0 Å². The molecule has 0 bridgehead atoms. The summed E-state index contributed by atoms with van der Waals surface area (Å²) in [5.74, 6) is 0.497. The Kier molecular flexibility index (Phi) is 9.54. The molecule has 25 heavy (non-hydrogen) atoms. The van der Waals surface area contributed by atoms with Crippen molar-refractivity contribution in [2.75, 3.05) is 0 Å². The molecule has 0 radical (unpaired) electrons.